The average Bonchev–Trinajstić information content (AvgIpc) is 0.770. The fraction of sp³-hybridized carbons (Fsp3) is 0.138. The van der Waals surface area contributed by atoms with Gasteiger partial charge in [-0.3, -0.25) is 0 Å². The van der Waals surface area contributed by atoms with E-state index in [4.69, 9.17) is 49.8 Å². The second-order valence-electron chi connectivity index (χ2n) is 31.9. The fourth-order valence-electron chi connectivity index (χ4n) is 15.6. The predicted molar refractivity (Wildman–Crippen MR) is 500 cm³/mol. The van der Waals surface area contributed by atoms with Crippen LogP contribution in [0.15, 0.2) is 346 Å². The van der Waals surface area contributed by atoms with Crippen LogP contribution in [0, 0.1) is 0 Å². The monoisotopic (exact) mass is 1540 g/mol. The maximum absolute atomic E-state index is 4.97. The van der Waals surface area contributed by atoms with Crippen LogP contribution in [0.4, 0.5) is 0 Å². The lowest BCUT2D eigenvalue weighted by Crippen LogP contribution is -2.01. The van der Waals surface area contributed by atoms with Crippen molar-refractivity contribution in [1.82, 2.24) is 49.8 Å². The van der Waals surface area contributed by atoms with Crippen molar-refractivity contribution in [2.75, 3.05) is 0 Å². The highest BCUT2D eigenvalue weighted by Crippen LogP contribution is 2.40. The van der Waals surface area contributed by atoms with E-state index in [1.54, 1.807) is 0 Å². The third-order valence-corrected chi connectivity index (χ3v) is 21.8. The van der Waals surface area contributed by atoms with Crippen molar-refractivity contribution in [1.29, 1.82) is 0 Å². The smallest absolute Gasteiger partial charge is 0.132 e. The maximum Gasteiger partial charge on any atom is 0.132 e. The second-order valence-corrected chi connectivity index (χ2v) is 31.9. The number of hydrogen-bond acceptors (Lipinski definition) is 10. The SMILES string of the molecule is CC(C)c1nc(-c2ccc3ccccc3c2)c2ccc3ccccc3c2n1.CC(C)c1nc(-c2ccccc2)c2c(ccc3ccccc32)n1.CC(C)c1nc(-c2ccccc2)c2ccc3ccccc3c2n1.CC(C)c1nc2ccccc2nc1-c1ccc2ccccc2c1.CC(C)c1nc2ccccc2nc1-c1cccc2ccccc12. The van der Waals surface area contributed by atoms with Crippen molar-refractivity contribution in [3.63, 3.8) is 0 Å². The van der Waals surface area contributed by atoms with Gasteiger partial charge in [-0.15, -0.1) is 0 Å². The number of fused-ring (bicyclic) bond motifs is 14. The molecule has 16 aromatic carbocycles. The van der Waals surface area contributed by atoms with Gasteiger partial charge in [0, 0.05) is 72.5 Å². The first-order valence-electron chi connectivity index (χ1n) is 41.3. The molecule has 578 valence electrons. The summed E-state index contributed by atoms with van der Waals surface area (Å²) in [7, 11) is 0. The zero-order chi connectivity index (χ0) is 81.6. The molecule has 10 nitrogen and oxygen atoms in total. The van der Waals surface area contributed by atoms with Gasteiger partial charge in [0.15, 0.2) is 0 Å². The van der Waals surface area contributed by atoms with Crippen LogP contribution in [-0.2, 0) is 0 Å². The Kier molecular flexibility index (Phi) is 22.3. The molecule has 0 fully saturated rings. The van der Waals surface area contributed by atoms with E-state index < -0.39 is 0 Å². The van der Waals surface area contributed by atoms with Crippen molar-refractivity contribution >= 4 is 119 Å². The highest BCUT2D eigenvalue weighted by atomic mass is 14.9. The Morgan fingerprint density at radius 2 is 0.513 bits per heavy atom. The van der Waals surface area contributed by atoms with Gasteiger partial charge in [0.2, 0.25) is 0 Å². The molecular formula is C109H92N10. The van der Waals surface area contributed by atoms with E-state index in [0.717, 1.165) is 140 Å². The van der Waals surface area contributed by atoms with E-state index in [1.165, 1.54) is 64.6 Å². The minimum atomic E-state index is 0.271. The molecule has 0 saturated carbocycles. The molecule has 0 radical (unpaired) electrons. The van der Waals surface area contributed by atoms with Gasteiger partial charge >= 0.3 is 0 Å². The molecule has 0 amide bonds. The molecule has 0 aliphatic rings. The van der Waals surface area contributed by atoms with E-state index in [1.807, 2.05) is 60.7 Å². The molecule has 5 heterocycles. The van der Waals surface area contributed by atoms with Crippen LogP contribution in [0.3, 0.4) is 0 Å². The van der Waals surface area contributed by atoms with Crippen LogP contribution in [0.25, 0.3) is 176 Å². The molecule has 0 bridgehead atoms. The van der Waals surface area contributed by atoms with Crippen molar-refractivity contribution in [3.05, 3.63) is 375 Å². The van der Waals surface area contributed by atoms with E-state index >= 15 is 0 Å². The molecule has 10 heteroatoms. The highest BCUT2D eigenvalue weighted by molar-refractivity contribution is 6.13. The summed E-state index contributed by atoms with van der Waals surface area (Å²) in [6, 6.07) is 120. The number of benzene rings is 16. The molecule has 0 N–H and O–H groups in total. The molecule has 0 spiro atoms. The summed E-state index contributed by atoms with van der Waals surface area (Å²) in [6.07, 6.45) is 0. The Balaban J connectivity index is 0.000000107. The number of aromatic nitrogens is 10. The van der Waals surface area contributed by atoms with E-state index in [0.29, 0.717) is 23.7 Å². The lowest BCUT2D eigenvalue weighted by Gasteiger charge is -2.14. The molecule has 21 rings (SSSR count). The summed E-state index contributed by atoms with van der Waals surface area (Å²) in [4.78, 5) is 49.0. The van der Waals surface area contributed by atoms with Crippen LogP contribution in [0.1, 0.15) is 128 Å². The standard InChI is InChI=1S/C25H20N2.4C21H18N2/c1-16(2)25-26-23(20-12-11-17-7-3-4-9-19(17)15-20)22-14-13-18-8-5-6-10-21(18)24(22)27-25;1-14(2)20-21(23-19-13-6-5-12-18(19)22-20)17-11-7-9-15-8-3-4-10-16(15)17;1-14(2)20-21(23-19-10-6-5-9-18(19)22-20)17-12-11-15-7-3-4-8-16(15)13-17;1-14(2)21-22-18-13-12-15-8-6-7-11-17(15)19(18)20(23-21)16-9-4-3-5-10-16;1-14(2)21-22-19(16-9-4-3-5-10-16)18-13-12-15-8-6-7-11-17(15)20(18)23-21/h3-16H,1-2H3;4*3-14H,1-2H3. The molecule has 0 aliphatic heterocycles. The van der Waals surface area contributed by atoms with Gasteiger partial charge in [-0.25, -0.2) is 49.8 Å². The minimum Gasteiger partial charge on any atom is -0.249 e. The summed E-state index contributed by atoms with van der Waals surface area (Å²) in [5.74, 6) is 4.19. The van der Waals surface area contributed by atoms with Crippen LogP contribution in [-0.4, -0.2) is 49.8 Å². The number of hydrogen-bond donors (Lipinski definition) is 0. The van der Waals surface area contributed by atoms with Gasteiger partial charge in [-0.1, -0.05) is 360 Å². The van der Waals surface area contributed by atoms with E-state index in [-0.39, 0.29) is 5.92 Å². The van der Waals surface area contributed by atoms with Gasteiger partial charge in [-0.05, 0) is 120 Å². The Morgan fingerprint density at radius 3 is 1.00 bits per heavy atom. The predicted octanol–water partition coefficient (Wildman–Crippen LogP) is 29.0. The Hall–Kier alpha value is -14.2. The van der Waals surface area contributed by atoms with Crippen LogP contribution in [0.5, 0.6) is 0 Å². The average molecular weight is 1540 g/mol. The second kappa shape index (κ2) is 34.3. The van der Waals surface area contributed by atoms with Crippen molar-refractivity contribution in [3.8, 4) is 56.3 Å². The molecular weight excluding hydrogens is 1450 g/mol. The van der Waals surface area contributed by atoms with Crippen molar-refractivity contribution < 1.29 is 0 Å². The third kappa shape index (κ3) is 16.3. The molecule has 0 saturated heterocycles. The molecule has 0 aliphatic carbocycles. The lowest BCUT2D eigenvalue weighted by molar-refractivity contribution is 0.785. The van der Waals surface area contributed by atoms with Crippen molar-refractivity contribution in [2.45, 2.75) is 98.8 Å². The molecule has 21 aromatic rings. The Morgan fingerprint density at radius 1 is 0.176 bits per heavy atom. The van der Waals surface area contributed by atoms with Crippen molar-refractivity contribution in [2.24, 2.45) is 0 Å². The van der Waals surface area contributed by atoms with Gasteiger partial charge in [0.05, 0.1) is 78.5 Å². The molecule has 5 aromatic heterocycles. The zero-order valence-corrected chi connectivity index (χ0v) is 68.8. The summed E-state index contributed by atoms with van der Waals surface area (Å²) >= 11 is 0. The molecule has 0 atom stereocenters. The van der Waals surface area contributed by atoms with Crippen LogP contribution < -0.4 is 0 Å². The molecule has 0 unspecified atom stereocenters. The summed E-state index contributed by atoms with van der Waals surface area (Å²) in [5, 5.41) is 18.0. The fourth-order valence-corrected chi connectivity index (χ4v) is 15.6. The first kappa shape index (κ1) is 77.4. The number of para-hydroxylation sites is 4. The lowest BCUT2D eigenvalue weighted by atomic mass is 9.97. The van der Waals surface area contributed by atoms with Gasteiger partial charge < -0.3 is 0 Å². The summed E-state index contributed by atoms with van der Waals surface area (Å²) < 4.78 is 0. The number of nitrogens with zero attached hydrogens (tertiary/aromatic N) is 10. The Bertz CT molecular complexity index is 7290. The van der Waals surface area contributed by atoms with Gasteiger partial charge in [0.1, 0.15) is 17.5 Å². The number of rotatable bonds is 10. The van der Waals surface area contributed by atoms with Gasteiger partial charge in [0.25, 0.3) is 0 Å². The molecule has 119 heavy (non-hydrogen) atoms. The Labute approximate surface area is 694 Å². The zero-order valence-electron chi connectivity index (χ0n) is 68.8. The largest absolute Gasteiger partial charge is 0.249 e. The van der Waals surface area contributed by atoms with Crippen LogP contribution >= 0.6 is 0 Å². The minimum absolute atomic E-state index is 0.271. The van der Waals surface area contributed by atoms with Gasteiger partial charge in [-0.2, -0.15) is 0 Å². The topological polar surface area (TPSA) is 129 Å². The summed E-state index contributed by atoms with van der Waals surface area (Å²) in [6.45, 7) is 21.5. The highest BCUT2D eigenvalue weighted by Gasteiger charge is 2.21. The van der Waals surface area contributed by atoms with E-state index in [2.05, 4.69) is 354 Å². The quantitative estimate of drug-likeness (QED) is 0.122. The van der Waals surface area contributed by atoms with E-state index in [9.17, 15) is 0 Å². The summed E-state index contributed by atoms with van der Waals surface area (Å²) in [5.41, 5.74) is 19.8. The maximum atomic E-state index is 4.97. The third-order valence-electron chi connectivity index (χ3n) is 21.8. The first-order valence-corrected chi connectivity index (χ1v) is 41.3. The normalized spacial score (nSPS) is 11.5. The van der Waals surface area contributed by atoms with Crippen LogP contribution in [0.2, 0.25) is 0 Å². The first-order chi connectivity index (χ1) is 58.1.